The van der Waals surface area contributed by atoms with Gasteiger partial charge in [-0.3, -0.25) is 9.59 Å². The summed E-state index contributed by atoms with van der Waals surface area (Å²) in [6.07, 6.45) is 1.99. The summed E-state index contributed by atoms with van der Waals surface area (Å²) in [6, 6.07) is 7.00. The van der Waals surface area contributed by atoms with Crippen molar-refractivity contribution in [1.82, 2.24) is 4.90 Å². The van der Waals surface area contributed by atoms with Crippen molar-refractivity contribution in [2.24, 2.45) is 11.5 Å². The summed E-state index contributed by atoms with van der Waals surface area (Å²) in [7, 11) is 0. The Morgan fingerprint density at radius 1 is 1.41 bits per heavy atom. The summed E-state index contributed by atoms with van der Waals surface area (Å²) in [6.45, 7) is 3.00. The molecule has 1 saturated heterocycles. The average Bonchev–Trinajstić information content (AvgIpc) is 2.47. The number of hydrogen-bond donors (Lipinski definition) is 2. The maximum absolute atomic E-state index is 12.2. The molecule has 4 N–H and O–H groups in total. The number of primary amides is 1. The second-order valence-corrected chi connectivity index (χ2v) is 5.71. The number of nitrogens with zero attached hydrogens (tertiary/aromatic N) is 1. The number of rotatable bonds is 5. The standard InChI is InChI=1S/C16H23N3O3/c1-11-9-13(17)5-7-19(11)15(20)6-8-22-14-4-2-3-12(10-14)16(18)21/h2-4,10-11,13H,5-9,17H2,1H3,(H2,18,21). The van der Waals surface area contributed by atoms with Gasteiger partial charge in [0.15, 0.2) is 0 Å². The van der Waals surface area contributed by atoms with Crippen molar-refractivity contribution in [3.05, 3.63) is 29.8 Å². The molecule has 0 spiro atoms. The molecule has 120 valence electrons. The Morgan fingerprint density at radius 2 is 2.18 bits per heavy atom. The van der Waals surface area contributed by atoms with E-state index in [1.165, 1.54) is 0 Å². The molecule has 1 fully saturated rings. The first-order valence-electron chi connectivity index (χ1n) is 7.55. The van der Waals surface area contributed by atoms with Crippen LogP contribution in [0.25, 0.3) is 0 Å². The lowest BCUT2D eigenvalue weighted by Crippen LogP contribution is -2.48. The van der Waals surface area contributed by atoms with Gasteiger partial charge in [0, 0.05) is 24.2 Å². The number of benzene rings is 1. The molecule has 0 aliphatic carbocycles. The third-order valence-corrected chi connectivity index (χ3v) is 3.94. The van der Waals surface area contributed by atoms with E-state index in [1.807, 2.05) is 11.8 Å². The first-order valence-corrected chi connectivity index (χ1v) is 7.55. The molecule has 1 aromatic rings. The normalized spacial score (nSPS) is 21.5. The second-order valence-electron chi connectivity index (χ2n) is 5.71. The van der Waals surface area contributed by atoms with Gasteiger partial charge >= 0.3 is 0 Å². The van der Waals surface area contributed by atoms with Crippen molar-refractivity contribution in [2.45, 2.75) is 38.3 Å². The lowest BCUT2D eigenvalue weighted by Gasteiger charge is -2.36. The Bertz CT molecular complexity index is 547. The van der Waals surface area contributed by atoms with E-state index in [1.54, 1.807) is 24.3 Å². The highest BCUT2D eigenvalue weighted by molar-refractivity contribution is 5.93. The molecule has 6 heteroatoms. The van der Waals surface area contributed by atoms with Crippen LogP contribution in [0.2, 0.25) is 0 Å². The molecule has 2 unspecified atom stereocenters. The monoisotopic (exact) mass is 305 g/mol. The van der Waals surface area contributed by atoms with Crippen LogP contribution in [0.15, 0.2) is 24.3 Å². The fourth-order valence-corrected chi connectivity index (χ4v) is 2.72. The summed E-state index contributed by atoms with van der Waals surface area (Å²) in [5, 5.41) is 0. The van der Waals surface area contributed by atoms with Gasteiger partial charge in [-0.15, -0.1) is 0 Å². The molecule has 1 aromatic carbocycles. The van der Waals surface area contributed by atoms with Crippen molar-refractivity contribution >= 4 is 11.8 Å². The molecule has 6 nitrogen and oxygen atoms in total. The summed E-state index contributed by atoms with van der Waals surface area (Å²) in [5.74, 6) is 0.114. The predicted molar refractivity (Wildman–Crippen MR) is 83.5 cm³/mol. The Kier molecular flexibility index (Phi) is 5.38. The lowest BCUT2D eigenvalue weighted by molar-refractivity contribution is -0.135. The van der Waals surface area contributed by atoms with E-state index in [9.17, 15) is 9.59 Å². The number of piperidine rings is 1. The third-order valence-electron chi connectivity index (χ3n) is 3.94. The Labute approximate surface area is 130 Å². The van der Waals surface area contributed by atoms with Gasteiger partial charge in [0.1, 0.15) is 5.75 Å². The molecule has 0 aromatic heterocycles. The molecule has 22 heavy (non-hydrogen) atoms. The van der Waals surface area contributed by atoms with E-state index in [0.29, 0.717) is 24.3 Å². The van der Waals surface area contributed by atoms with Crippen LogP contribution >= 0.6 is 0 Å². The minimum Gasteiger partial charge on any atom is -0.493 e. The first kappa shape index (κ1) is 16.3. The number of nitrogens with two attached hydrogens (primary N) is 2. The minimum atomic E-state index is -0.500. The van der Waals surface area contributed by atoms with Crippen LogP contribution in [0, 0.1) is 0 Å². The highest BCUT2D eigenvalue weighted by atomic mass is 16.5. The fourth-order valence-electron chi connectivity index (χ4n) is 2.72. The van der Waals surface area contributed by atoms with Gasteiger partial charge < -0.3 is 21.1 Å². The van der Waals surface area contributed by atoms with E-state index in [4.69, 9.17) is 16.2 Å². The summed E-state index contributed by atoms with van der Waals surface area (Å²) in [5.41, 5.74) is 11.5. The predicted octanol–water partition coefficient (Wildman–Crippen LogP) is 0.893. The van der Waals surface area contributed by atoms with Crippen LogP contribution in [0.4, 0.5) is 0 Å². The zero-order chi connectivity index (χ0) is 16.1. The molecule has 0 radical (unpaired) electrons. The maximum atomic E-state index is 12.2. The van der Waals surface area contributed by atoms with E-state index in [-0.39, 0.29) is 24.6 Å². The van der Waals surface area contributed by atoms with Crippen molar-refractivity contribution in [1.29, 1.82) is 0 Å². The largest absolute Gasteiger partial charge is 0.493 e. The van der Waals surface area contributed by atoms with Crippen molar-refractivity contribution in [3.8, 4) is 5.75 Å². The van der Waals surface area contributed by atoms with Gasteiger partial charge in [0.2, 0.25) is 11.8 Å². The van der Waals surface area contributed by atoms with Gasteiger partial charge in [-0.2, -0.15) is 0 Å². The molecule has 1 heterocycles. The first-order chi connectivity index (χ1) is 10.5. The third kappa shape index (κ3) is 4.21. The molecule has 1 aliphatic heterocycles. The molecular weight excluding hydrogens is 282 g/mol. The molecule has 2 amide bonds. The molecule has 0 saturated carbocycles. The zero-order valence-electron chi connectivity index (χ0n) is 12.8. The number of carbonyl (C=O) groups excluding carboxylic acids is 2. The number of hydrogen-bond acceptors (Lipinski definition) is 4. The number of ether oxygens (including phenoxy) is 1. The number of amides is 2. The van der Waals surface area contributed by atoms with Crippen LogP contribution in [0.1, 0.15) is 36.5 Å². The van der Waals surface area contributed by atoms with Crippen molar-refractivity contribution in [3.63, 3.8) is 0 Å². The average molecular weight is 305 g/mol. The molecule has 1 aliphatic rings. The van der Waals surface area contributed by atoms with Crippen LogP contribution < -0.4 is 16.2 Å². The van der Waals surface area contributed by atoms with Gasteiger partial charge in [-0.05, 0) is 38.0 Å². The molecular formula is C16H23N3O3. The summed E-state index contributed by atoms with van der Waals surface area (Å²) in [4.78, 5) is 25.2. The van der Waals surface area contributed by atoms with E-state index < -0.39 is 5.91 Å². The SMILES string of the molecule is CC1CC(N)CCN1C(=O)CCOc1cccc(C(N)=O)c1. The van der Waals surface area contributed by atoms with Gasteiger partial charge in [0.05, 0.1) is 13.0 Å². The topological polar surface area (TPSA) is 98.7 Å². The summed E-state index contributed by atoms with van der Waals surface area (Å²) < 4.78 is 5.53. The second kappa shape index (κ2) is 7.26. The Balaban J connectivity index is 1.82. The summed E-state index contributed by atoms with van der Waals surface area (Å²) >= 11 is 0. The number of carbonyl (C=O) groups is 2. The van der Waals surface area contributed by atoms with Gasteiger partial charge in [0.25, 0.3) is 0 Å². The van der Waals surface area contributed by atoms with Gasteiger partial charge in [-0.25, -0.2) is 0 Å². The van der Waals surface area contributed by atoms with E-state index in [2.05, 4.69) is 0 Å². The number of likely N-dealkylation sites (tertiary alicyclic amines) is 1. The van der Waals surface area contributed by atoms with Crippen LogP contribution in [-0.4, -0.2) is 41.9 Å². The highest BCUT2D eigenvalue weighted by Crippen LogP contribution is 2.17. The fraction of sp³-hybridized carbons (Fsp3) is 0.500. The molecule has 2 atom stereocenters. The molecule has 2 rings (SSSR count). The quantitative estimate of drug-likeness (QED) is 0.844. The van der Waals surface area contributed by atoms with E-state index in [0.717, 1.165) is 12.8 Å². The highest BCUT2D eigenvalue weighted by Gasteiger charge is 2.26. The van der Waals surface area contributed by atoms with Crippen molar-refractivity contribution in [2.75, 3.05) is 13.2 Å². The Hall–Kier alpha value is -2.08. The minimum absolute atomic E-state index is 0.0745. The van der Waals surface area contributed by atoms with Crippen LogP contribution in [0.3, 0.4) is 0 Å². The smallest absolute Gasteiger partial charge is 0.248 e. The lowest BCUT2D eigenvalue weighted by atomic mass is 9.99. The zero-order valence-corrected chi connectivity index (χ0v) is 12.8. The van der Waals surface area contributed by atoms with Gasteiger partial charge in [-0.1, -0.05) is 6.07 Å². The Morgan fingerprint density at radius 3 is 2.86 bits per heavy atom. The van der Waals surface area contributed by atoms with Crippen molar-refractivity contribution < 1.29 is 14.3 Å². The van der Waals surface area contributed by atoms with E-state index >= 15 is 0 Å². The maximum Gasteiger partial charge on any atom is 0.248 e. The molecule has 0 bridgehead atoms. The van der Waals surface area contributed by atoms with Crippen LogP contribution in [0.5, 0.6) is 5.75 Å². The van der Waals surface area contributed by atoms with Crippen LogP contribution in [-0.2, 0) is 4.79 Å².